The summed E-state index contributed by atoms with van der Waals surface area (Å²) < 4.78 is 18.3. The standard InChI is InChI=1S/C18H16I2O5/c1-2-7-23-15-13(19)9-11(10-14(15)20)8-12-16(21)24-18(25-17(12)22)5-3-4-6-18/h2,8-10H,1,3-7H2. The van der Waals surface area contributed by atoms with Crippen molar-refractivity contribution in [2.75, 3.05) is 6.61 Å². The number of hydrogen-bond donors (Lipinski definition) is 0. The fraction of sp³-hybridized carbons (Fsp3) is 0.333. The van der Waals surface area contributed by atoms with Crippen LogP contribution in [0.4, 0.5) is 0 Å². The predicted octanol–water partition coefficient (Wildman–Crippen LogP) is 4.21. The van der Waals surface area contributed by atoms with Gasteiger partial charge < -0.3 is 14.2 Å². The largest absolute Gasteiger partial charge is 0.487 e. The molecular weight excluding hydrogens is 550 g/mol. The Balaban J connectivity index is 1.86. The molecule has 0 radical (unpaired) electrons. The van der Waals surface area contributed by atoms with Gasteiger partial charge in [-0.25, -0.2) is 9.59 Å². The van der Waals surface area contributed by atoms with Crippen molar-refractivity contribution in [1.29, 1.82) is 0 Å². The minimum Gasteiger partial charge on any atom is -0.487 e. The van der Waals surface area contributed by atoms with Gasteiger partial charge in [-0.3, -0.25) is 0 Å². The lowest BCUT2D eigenvalue weighted by atomic mass is 10.1. The molecule has 25 heavy (non-hydrogen) atoms. The van der Waals surface area contributed by atoms with Crippen LogP contribution in [0, 0.1) is 7.14 Å². The molecule has 1 aromatic rings. The minimum absolute atomic E-state index is 0.0797. The number of benzene rings is 1. The van der Waals surface area contributed by atoms with Crippen LogP contribution in [-0.2, 0) is 19.1 Å². The summed E-state index contributed by atoms with van der Waals surface area (Å²) in [5.41, 5.74) is 0.634. The zero-order valence-corrected chi connectivity index (χ0v) is 17.7. The van der Waals surface area contributed by atoms with Gasteiger partial charge in [-0.1, -0.05) is 12.7 Å². The molecule has 7 heteroatoms. The van der Waals surface area contributed by atoms with Crippen LogP contribution >= 0.6 is 45.2 Å². The quantitative estimate of drug-likeness (QED) is 0.180. The van der Waals surface area contributed by atoms with Crippen molar-refractivity contribution < 1.29 is 23.8 Å². The van der Waals surface area contributed by atoms with E-state index in [0.29, 0.717) is 25.0 Å². The lowest BCUT2D eigenvalue weighted by Crippen LogP contribution is -2.44. The van der Waals surface area contributed by atoms with Gasteiger partial charge >= 0.3 is 11.9 Å². The lowest BCUT2D eigenvalue weighted by molar-refractivity contribution is -0.232. The van der Waals surface area contributed by atoms with Crippen LogP contribution in [0.25, 0.3) is 6.08 Å². The first-order chi connectivity index (χ1) is 11.9. The van der Waals surface area contributed by atoms with Gasteiger partial charge in [-0.15, -0.1) is 0 Å². The van der Waals surface area contributed by atoms with Crippen molar-refractivity contribution >= 4 is 63.2 Å². The molecule has 0 unspecified atom stereocenters. The smallest absolute Gasteiger partial charge is 0.348 e. The SMILES string of the molecule is C=CCOc1c(I)cc(C=C2C(=O)OC3(CCCC3)OC2=O)cc1I. The molecule has 1 aromatic carbocycles. The summed E-state index contributed by atoms with van der Waals surface area (Å²) >= 11 is 4.31. The molecule has 1 saturated carbocycles. The van der Waals surface area contributed by atoms with Gasteiger partial charge in [0.2, 0.25) is 0 Å². The highest BCUT2D eigenvalue weighted by molar-refractivity contribution is 14.1. The average molecular weight is 566 g/mol. The van der Waals surface area contributed by atoms with Crippen molar-refractivity contribution in [1.82, 2.24) is 0 Å². The zero-order valence-electron chi connectivity index (χ0n) is 13.3. The Hall–Kier alpha value is -1.10. The second-order valence-corrected chi connectivity index (χ2v) is 8.19. The van der Waals surface area contributed by atoms with E-state index >= 15 is 0 Å². The second kappa shape index (κ2) is 7.65. The fourth-order valence-electron chi connectivity index (χ4n) is 2.90. The Morgan fingerprint density at radius 2 is 1.68 bits per heavy atom. The monoisotopic (exact) mass is 566 g/mol. The Morgan fingerprint density at radius 3 is 2.20 bits per heavy atom. The normalized spacial score (nSPS) is 18.7. The van der Waals surface area contributed by atoms with Crippen molar-refractivity contribution in [3.8, 4) is 5.75 Å². The molecule has 0 aromatic heterocycles. The maximum Gasteiger partial charge on any atom is 0.348 e. The number of hydrogen-bond acceptors (Lipinski definition) is 5. The summed E-state index contributed by atoms with van der Waals surface area (Å²) in [6.07, 6.45) is 6.11. The molecule has 5 nitrogen and oxygen atoms in total. The molecule has 2 aliphatic rings. The fourth-order valence-corrected chi connectivity index (χ4v) is 5.02. The van der Waals surface area contributed by atoms with Crippen LogP contribution in [0.15, 0.2) is 30.4 Å². The first-order valence-corrected chi connectivity index (χ1v) is 10.0. The van der Waals surface area contributed by atoms with E-state index < -0.39 is 17.7 Å². The maximum atomic E-state index is 12.3. The number of carbonyl (C=O) groups is 2. The number of carbonyl (C=O) groups excluding carboxylic acids is 2. The van der Waals surface area contributed by atoms with E-state index in [0.717, 1.165) is 25.7 Å². The molecule has 0 bridgehead atoms. The van der Waals surface area contributed by atoms with E-state index in [1.165, 1.54) is 6.08 Å². The Bertz CT molecular complexity index is 718. The van der Waals surface area contributed by atoms with Gasteiger partial charge in [0.15, 0.2) is 0 Å². The molecule has 0 atom stereocenters. The molecule has 1 aliphatic carbocycles. The third kappa shape index (κ3) is 4.02. The van der Waals surface area contributed by atoms with Crippen LogP contribution in [0.5, 0.6) is 5.75 Å². The number of ether oxygens (including phenoxy) is 3. The molecular formula is C18H16I2O5. The highest BCUT2D eigenvalue weighted by Crippen LogP contribution is 2.39. The zero-order chi connectivity index (χ0) is 18.0. The lowest BCUT2D eigenvalue weighted by Gasteiger charge is -2.32. The molecule has 2 fully saturated rings. The summed E-state index contributed by atoms with van der Waals surface area (Å²) in [6.45, 7) is 4.04. The molecule has 0 N–H and O–H groups in total. The van der Waals surface area contributed by atoms with Crippen molar-refractivity contribution in [2.24, 2.45) is 0 Å². The van der Waals surface area contributed by atoms with Crippen LogP contribution in [0.1, 0.15) is 31.2 Å². The number of esters is 2. The second-order valence-electron chi connectivity index (χ2n) is 5.87. The first kappa shape index (κ1) is 18.7. The Kier molecular flexibility index (Phi) is 5.71. The number of halogens is 2. The van der Waals surface area contributed by atoms with E-state index in [2.05, 4.69) is 51.8 Å². The van der Waals surface area contributed by atoms with Gasteiger partial charge in [0.1, 0.15) is 17.9 Å². The molecule has 3 rings (SSSR count). The van der Waals surface area contributed by atoms with E-state index in [4.69, 9.17) is 14.2 Å². The maximum absolute atomic E-state index is 12.3. The molecule has 1 saturated heterocycles. The van der Waals surface area contributed by atoms with Gasteiger partial charge in [-0.05, 0) is 81.8 Å². The minimum atomic E-state index is -1.04. The van der Waals surface area contributed by atoms with Crippen molar-refractivity contribution in [3.63, 3.8) is 0 Å². The highest BCUT2D eigenvalue weighted by atomic mass is 127. The average Bonchev–Trinajstić information content (AvgIpc) is 2.98. The van der Waals surface area contributed by atoms with Crippen molar-refractivity contribution in [2.45, 2.75) is 31.5 Å². The predicted molar refractivity (Wildman–Crippen MR) is 109 cm³/mol. The molecule has 132 valence electrons. The first-order valence-electron chi connectivity index (χ1n) is 7.85. The summed E-state index contributed by atoms with van der Waals surface area (Å²) in [5, 5.41) is 0. The third-order valence-corrected chi connectivity index (χ3v) is 5.64. The summed E-state index contributed by atoms with van der Waals surface area (Å²) in [7, 11) is 0. The molecule has 1 spiro atoms. The van der Waals surface area contributed by atoms with Gasteiger partial charge in [0.05, 0.1) is 7.14 Å². The topological polar surface area (TPSA) is 61.8 Å². The Morgan fingerprint density at radius 1 is 1.12 bits per heavy atom. The van der Waals surface area contributed by atoms with Crippen molar-refractivity contribution in [3.05, 3.63) is 43.1 Å². The van der Waals surface area contributed by atoms with E-state index in [1.807, 2.05) is 12.1 Å². The van der Waals surface area contributed by atoms with Gasteiger partial charge in [-0.2, -0.15) is 0 Å². The Labute approximate surface area is 173 Å². The van der Waals surface area contributed by atoms with Gasteiger partial charge in [0, 0.05) is 12.8 Å². The van der Waals surface area contributed by atoms with Crippen LogP contribution in [0.2, 0.25) is 0 Å². The summed E-state index contributed by atoms with van der Waals surface area (Å²) in [6, 6.07) is 3.68. The van der Waals surface area contributed by atoms with Crippen LogP contribution < -0.4 is 4.74 Å². The summed E-state index contributed by atoms with van der Waals surface area (Å²) in [5.74, 6) is -1.52. The molecule has 0 amide bonds. The van der Waals surface area contributed by atoms with E-state index in [1.54, 1.807) is 6.08 Å². The highest BCUT2D eigenvalue weighted by Gasteiger charge is 2.47. The van der Waals surface area contributed by atoms with Crippen LogP contribution in [-0.4, -0.2) is 24.3 Å². The molecule has 1 heterocycles. The third-order valence-electron chi connectivity index (χ3n) is 4.04. The molecule has 1 aliphatic heterocycles. The summed E-state index contributed by atoms with van der Waals surface area (Å²) in [4.78, 5) is 24.6. The van der Waals surface area contributed by atoms with E-state index in [-0.39, 0.29) is 5.57 Å². The van der Waals surface area contributed by atoms with Gasteiger partial charge in [0.25, 0.3) is 5.79 Å². The van der Waals surface area contributed by atoms with E-state index in [9.17, 15) is 9.59 Å². The van der Waals surface area contributed by atoms with Crippen LogP contribution in [0.3, 0.4) is 0 Å². The number of rotatable bonds is 4.